The van der Waals surface area contributed by atoms with Crippen LogP contribution in [0.15, 0.2) is 53.1 Å². The van der Waals surface area contributed by atoms with Crippen LogP contribution >= 0.6 is 0 Å². The molecule has 4 aromatic rings. The number of hydrogen-bond acceptors (Lipinski definition) is 8. The van der Waals surface area contributed by atoms with Crippen LogP contribution in [-0.2, 0) is 17.3 Å². The molecule has 1 fully saturated rings. The molecule has 1 aliphatic heterocycles. The molecule has 1 saturated heterocycles. The fourth-order valence-electron chi connectivity index (χ4n) is 4.37. The highest BCUT2D eigenvalue weighted by atomic mass is 32.2. The Kier molecular flexibility index (Phi) is 7.19. The summed E-state index contributed by atoms with van der Waals surface area (Å²) in [5, 5.41) is 8.69. The number of ether oxygens (including phenoxy) is 1. The van der Waals surface area contributed by atoms with Crippen LogP contribution in [0.2, 0.25) is 0 Å². The molecule has 0 bridgehead atoms. The lowest BCUT2D eigenvalue weighted by Crippen LogP contribution is -2.37. The van der Waals surface area contributed by atoms with Gasteiger partial charge in [0, 0.05) is 46.6 Å². The molecular formula is C25H25F3N6O3S. The number of rotatable bonds is 7. The van der Waals surface area contributed by atoms with Crippen LogP contribution in [0.1, 0.15) is 24.2 Å². The summed E-state index contributed by atoms with van der Waals surface area (Å²) in [5.41, 5.74) is 2.63. The van der Waals surface area contributed by atoms with Gasteiger partial charge in [0.1, 0.15) is 11.6 Å². The lowest BCUT2D eigenvalue weighted by Gasteiger charge is -2.33. The Bertz CT molecular complexity index is 1430. The Morgan fingerprint density at radius 1 is 1.08 bits per heavy atom. The van der Waals surface area contributed by atoms with Gasteiger partial charge in [0.05, 0.1) is 6.54 Å². The first-order chi connectivity index (χ1) is 18.1. The minimum absolute atomic E-state index is 0.0994. The first kappa shape index (κ1) is 25.9. The Morgan fingerprint density at radius 2 is 1.82 bits per heavy atom. The van der Waals surface area contributed by atoms with Crippen LogP contribution in [0.25, 0.3) is 23.1 Å². The maximum Gasteiger partial charge on any atom is 0.573 e. The Hall–Kier alpha value is -3.74. The summed E-state index contributed by atoms with van der Waals surface area (Å²) in [6.45, 7) is 4.06. The minimum Gasteiger partial charge on any atom is -0.406 e. The van der Waals surface area contributed by atoms with E-state index in [0.29, 0.717) is 17.9 Å². The van der Waals surface area contributed by atoms with Gasteiger partial charge in [-0.2, -0.15) is 4.98 Å². The quantitative estimate of drug-likeness (QED) is 0.332. The average molecular weight is 547 g/mol. The molecule has 1 aliphatic rings. The van der Waals surface area contributed by atoms with E-state index in [2.05, 4.69) is 42.0 Å². The number of alkyl halides is 3. The molecule has 0 saturated carbocycles. The molecule has 0 spiro atoms. The van der Waals surface area contributed by atoms with Crippen molar-refractivity contribution in [3.8, 4) is 28.9 Å². The van der Waals surface area contributed by atoms with Crippen molar-refractivity contribution in [1.29, 1.82) is 0 Å². The summed E-state index contributed by atoms with van der Waals surface area (Å²) in [6, 6.07) is 13.4. The number of aryl methyl sites for hydroxylation is 1. The van der Waals surface area contributed by atoms with Gasteiger partial charge in [-0.15, -0.1) is 18.3 Å². The Labute approximate surface area is 219 Å². The zero-order valence-corrected chi connectivity index (χ0v) is 21.5. The standard InChI is InChI=1S/C25H25F3N6O3S/c1-16-29-23(24-30-22(32-37-24)18-6-8-20(9-7-18)36-25(26,27)28)31-34(16)15-17-4-3-5-19(14-17)33-12-10-21(11-13-33)38(2)35/h3-9,14,21H,10-13,15H2,1-2H3. The molecule has 38 heavy (non-hydrogen) atoms. The fraction of sp³-hybridized carbons (Fsp3) is 0.360. The maximum atomic E-state index is 12.4. The van der Waals surface area contributed by atoms with Gasteiger partial charge in [0.2, 0.25) is 11.6 Å². The molecule has 3 heterocycles. The Balaban J connectivity index is 1.27. The summed E-state index contributed by atoms with van der Waals surface area (Å²) < 4.78 is 59.9. The molecule has 0 radical (unpaired) electrons. The van der Waals surface area contributed by atoms with Gasteiger partial charge in [-0.25, -0.2) is 9.67 Å². The van der Waals surface area contributed by atoms with Gasteiger partial charge in [0.15, 0.2) is 0 Å². The largest absolute Gasteiger partial charge is 0.573 e. The number of aromatic nitrogens is 5. The summed E-state index contributed by atoms with van der Waals surface area (Å²) in [7, 11) is -0.789. The van der Waals surface area contributed by atoms with Gasteiger partial charge in [-0.3, -0.25) is 4.21 Å². The van der Waals surface area contributed by atoms with Crippen molar-refractivity contribution in [2.24, 2.45) is 0 Å². The van der Waals surface area contributed by atoms with Crippen LogP contribution in [-0.4, -0.2) is 60.1 Å². The van der Waals surface area contributed by atoms with Crippen molar-refractivity contribution < 1.29 is 26.6 Å². The highest BCUT2D eigenvalue weighted by Crippen LogP contribution is 2.27. The van der Waals surface area contributed by atoms with E-state index in [1.54, 1.807) is 10.9 Å². The molecule has 5 rings (SSSR count). The van der Waals surface area contributed by atoms with Crippen molar-refractivity contribution >= 4 is 16.5 Å². The molecule has 1 atom stereocenters. The fourth-order valence-corrected chi connectivity index (χ4v) is 5.24. The summed E-state index contributed by atoms with van der Waals surface area (Å²) in [4.78, 5) is 11.1. The van der Waals surface area contributed by atoms with Gasteiger partial charge < -0.3 is 14.2 Å². The van der Waals surface area contributed by atoms with E-state index >= 15 is 0 Å². The van der Waals surface area contributed by atoms with Crippen molar-refractivity contribution in [3.05, 3.63) is 59.9 Å². The number of benzene rings is 2. The van der Waals surface area contributed by atoms with Gasteiger partial charge in [0.25, 0.3) is 5.89 Å². The summed E-state index contributed by atoms with van der Waals surface area (Å²) in [6.07, 6.45) is -1.16. The van der Waals surface area contributed by atoms with Crippen molar-refractivity contribution in [3.63, 3.8) is 0 Å². The van der Waals surface area contributed by atoms with E-state index in [-0.39, 0.29) is 28.5 Å². The third kappa shape index (κ3) is 6.04. The Morgan fingerprint density at radius 3 is 2.50 bits per heavy atom. The van der Waals surface area contributed by atoms with Gasteiger partial charge in [-0.05, 0) is 61.7 Å². The topological polar surface area (TPSA) is 99.2 Å². The van der Waals surface area contributed by atoms with E-state index in [1.807, 2.05) is 19.1 Å². The first-order valence-corrected chi connectivity index (χ1v) is 13.5. The van der Waals surface area contributed by atoms with Crippen LogP contribution in [0.4, 0.5) is 18.9 Å². The second kappa shape index (κ2) is 10.6. The third-order valence-electron chi connectivity index (χ3n) is 6.34. The lowest BCUT2D eigenvalue weighted by molar-refractivity contribution is -0.274. The van der Waals surface area contributed by atoms with E-state index in [0.717, 1.165) is 37.2 Å². The molecule has 200 valence electrons. The first-order valence-electron chi connectivity index (χ1n) is 11.9. The van der Waals surface area contributed by atoms with E-state index in [9.17, 15) is 17.4 Å². The maximum absolute atomic E-state index is 12.4. The van der Waals surface area contributed by atoms with Gasteiger partial charge >= 0.3 is 6.36 Å². The summed E-state index contributed by atoms with van der Waals surface area (Å²) >= 11 is 0. The SMILES string of the molecule is Cc1nc(-c2nc(-c3ccc(OC(F)(F)F)cc3)no2)nn1Cc1cccc(N2CCC(S(C)=O)CC2)c1. The molecule has 13 heteroatoms. The zero-order chi connectivity index (χ0) is 26.9. The molecule has 0 N–H and O–H groups in total. The predicted molar refractivity (Wildman–Crippen MR) is 135 cm³/mol. The minimum atomic E-state index is -4.76. The molecule has 0 aliphatic carbocycles. The zero-order valence-electron chi connectivity index (χ0n) is 20.7. The van der Waals surface area contributed by atoms with E-state index < -0.39 is 17.2 Å². The third-order valence-corrected chi connectivity index (χ3v) is 7.75. The van der Waals surface area contributed by atoms with E-state index in [4.69, 9.17) is 4.52 Å². The summed E-state index contributed by atoms with van der Waals surface area (Å²) in [5.74, 6) is 0.861. The van der Waals surface area contributed by atoms with Crippen LogP contribution in [0.5, 0.6) is 5.75 Å². The molecule has 1 unspecified atom stereocenters. The highest BCUT2D eigenvalue weighted by Gasteiger charge is 2.31. The van der Waals surface area contributed by atoms with Crippen molar-refractivity contribution in [2.45, 2.75) is 37.9 Å². The lowest BCUT2D eigenvalue weighted by atomic mass is 10.1. The van der Waals surface area contributed by atoms with Crippen LogP contribution in [0.3, 0.4) is 0 Å². The number of piperidine rings is 1. The monoisotopic (exact) mass is 546 g/mol. The number of anilines is 1. The van der Waals surface area contributed by atoms with Crippen molar-refractivity contribution in [2.75, 3.05) is 24.2 Å². The second-order valence-corrected chi connectivity index (χ2v) is 10.7. The van der Waals surface area contributed by atoms with Crippen LogP contribution in [0, 0.1) is 6.92 Å². The molecular weight excluding hydrogens is 521 g/mol. The molecule has 9 nitrogen and oxygen atoms in total. The second-order valence-electron chi connectivity index (χ2n) is 8.99. The average Bonchev–Trinajstić information content (AvgIpc) is 3.51. The molecule has 2 aromatic heterocycles. The van der Waals surface area contributed by atoms with Crippen LogP contribution < -0.4 is 9.64 Å². The number of nitrogens with zero attached hydrogens (tertiary/aromatic N) is 6. The van der Waals surface area contributed by atoms with Crippen molar-refractivity contribution in [1.82, 2.24) is 24.9 Å². The number of halogens is 3. The molecule has 0 amide bonds. The normalized spacial score (nSPS) is 15.6. The highest BCUT2D eigenvalue weighted by molar-refractivity contribution is 7.84. The smallest absolute Gasteiger partial charge is 0.406 e. The predicted octanol–water partition coefficient (Wildman–Crippen LogP) is 4.60. The van der Waals surface area contributed by atoms with E-state index in [1.165, 1.54) is 24.3 Å². The number of hydrogen-bond donors (Lipinski definition) is 0. The molecule has 2 aromatic carbocycles. The van der Waals surface area contributed by atoms with Gasteiger partial charge in [-0.1, -0.05) is 17.3 Å².